The van der Waals surface area contributed by atoms with E-state index in [1.807, 2.05) is 29.7 Å². The zero-order valence-corrected chi connectivity index (χ0v) is 28.2. The van der Waals surface area contributed by atoms with E-state index in [0.717, 1.165) is 60.8 Å². The first-order valence-electron chi connectivity index (χ1n) is 16.1. The van der Waals surface area contributed by atoms with Crippen LogP contribution in [0, 0.1) is 6.57 Å². The molecule has 4 aromatic heterocycles. The standard InChI is InChI=1S/C35H32ClN7O5S/c1-34(28-7-6-22(36)15-39-28)47-26-5-3-4-24(31(26)48-34)21-8-12-42(13-9-21)18-29-41-30-27(46-19-35(37-2)10-11-35)14-25(33(44)45)40-32(30)43(29)17-23-16-38-20-49-23/h3-7,14-16,20-21H,8-13,17-19H2,1H3,(H,44,45)/t34-/m0/s1. The minimum atomic E-state index is -1.15. The molecule has 0 bridgehead atoms. The second-order valence-corrected chi connectivity index (χ2v) is 14.3. The maximum Gasteiger partial charge on any atom is 0.354 e. The van der Waals surface area contributed by atoms with Crippen molar-refractivity contribution in [3.63, 3.8) is 0 Å². The van der Waals surface area contributed by atoms with Gasteiger partial charge in [0.1, 0.15) is 11.5 Å². The number of carboxylic acid groups (broad SMARTS) is 1. The van der Waals surface area contributed by atoms with Gasteiger partial charge >= 0.3 is 5.97 Å². The molecule has 0 unspecified atom stereocenters. The van der Waals surface area contributed by atoms with Crippen molar-refractivity contribution in [2.75, 3.05) is 19.7 Å². The summed E-state index contributed by atoms with van der Waals surface area (Å²) in [7, 11) is 0. The van der Waals surface area contributed by atoms with Crippen molar-refractivity contribution in [1.82, 2.24) is 29.4 Å². The monoisotopic (exact) mass is 697 g/mol. The molecule has 1 saturated carbocycles. The number of hydrogen-bond donors (Lipinski definition) is 1. The summed E-state index contributed by atoms with van der Waals surface area (Å²) in [5.41, 5.74) is 3.80. The number of fused-ring (bicyclic) bond motifs is 2. The predicted molar refractivity (Wildman–Crippen MR) is 181 cm³/mol. The summed E-state index contributed by atoms with van der Waals surface area (Å²) in [6.07, 6.45) is 6.73. The zero-order valence-electron chi connectivity index (χ0n) is 26.6. The second-order valence-electron chi connectivity index (χ2n) is 12.9. The Morgan fingerprint density at radius 2 is 2.00 bits per heavy atom. The molecule has 1 aromatic carbocycles. The van der Waals surface area contributed by atoms with Crippen LogP contribution < -0.4 is 14.2 Å². The van der Waals surface area contributed by atoms with E-state index in [1.165, 1.54) is 17.4 Å². The minimum absolute atomic E-state index is 0.127. The number of imidazole rings is 1. The molecule has 2 fully saturated rings. The molecule has 1 aliphatic carbocycles. The number of ether oxygens (including phenoxy) is 3. The molecule has 1 saturated heterocycles. The lowest BCUT2D eigenvalue weighted by atomic mass is 9.88. The number of pyridine rings is 2. The average Bonchev–Trinajstić information content (AvgIpc) is 3.36. The van der Waals surface area contributed by atoms with Gasteiger partial charge in [-0.3, -0.25) is 14.9 Å². The Hall–Kier alpha value is -4.77. The fourth-order valence-electron chi connectivity index (χ4n) is 6.55. The lowest BCUT2D eigenvalue weighted by Crippen LogP contribution is -2.34. The molecule has 6 heterocycles. The number of nitrogens with zero attached hydrogens (tertiary/aromatic N) is 7. The molecule has 2 aliphatic heterocycles. The van der Waals surface area contributed by atoms with Crippen LogP contribution in [0.4, 0.5) is 0 Å². The van der Waals surface area contributed by atoms with Crippen molar-refractivity contribution in [3.05, 3.63) is 98.4 Å². The molecule has 250 valence electrons. The number of aromatic nitrogens is 5. The summed E-state index contributed by atoms with van der Waals surface area (Å²) in [6.45, 7) is 12.2. The van der Waals surface area contributed by atoms with Crippen LogP contribution in [0.25, 0.3) is 16.0 Å². The van der Waals surface area contributed by atoms with E-state index in [9.17, 15) is 9.90 Å². The smallest absolute Gasteiger partial charge is 0.354 e. The zero-order chi connectivity index (χ0) is 33.8. The maximum atomic E-state index is 12.1. The number of thiazole rings is 1. The highest BCUT2D eigenvalue weighted by Crippen LogP contribution is 2.49. The van der Waals surface area contributed by atoms with Crippen LogP contribution >= 0.6 is 22.9 Å². The Morgan fingerprint density at radius 1 is 1.16 bits per heavy atom. The lowest BCUT2D eigenvalue weighted by molar-refractivity contribution is -0.0722. The third-order valence-electron chi connectivity index (χ3n) is 9.52. The molecule has 5 aromatic rings. The Labute approximate surface area is 291 Å². The van der Waals surface area contributed by atoms with Gasteiger partial charge in [0.05, 0.1) is 23.6 Å². The third-order valence-corrected chi connectivity index (χ3v) is 10.5. The van der Waals surface area contributed by atoms with E-state index in [4.69, 9.17) is 37.4 Å². The van der Waals surface area contributed by atoms with Gasteiger partial charge in [-0.2, -0.15) is 0 Å². The third kappa shape index (κ3) is 6.05. The van der Waals surface area contributed by atoms with Gasteiger partial charge in [-0.1, -0.05) is 23.7 Å². The number of aromatic carboxylic acids is 1. The first kappa shape index (κ1) is 31.5. The van der Waals surface area contributed by atoms with Gasteiger partial charge in [0, 0.05) is 48.7 Å². The molecular formula is C35H32ClN7O5S. The van der Waals surface area contributed by atoms with Crippen LogP contribution in [-0.2, 0) is 18.9 Å². The van der Waals surface area contributed by atoms with Gasteiger partial charge in [-0.25, -0.2) is 21.3 Å². The second kappa shape index (κ2) is 12.3. The molecule has 1 N–H and O–H groups in total. The van der Waals surface area contributed by atoms with E-state index in [2.05, 4.69) is 30.8 Å². The van der Waals surface area contributed by atoms with Crippen LogP contribution in [0.5, 0.6) is 17.2 Å². The predicted octanol–water partition coefficient (Wildman–Crippen LogP) is 6.54. The summed E-state index contributed by atoms with van der Waals surface area (Å²) in [5, 5.41) is 10.5. The molecule has 14 heteroatoms. The number of piperidine rings is 1. The van der Waals surface area contributed by atoms with E-state index in [-0.39, 0.29) is 18.2 Å². The van der Waals surface area contributed by atoms with E-state index < -0.39 is 17.3 Å². The van der Waals surface area contributed by atoms with Crippen molar-refractivity contribution >= 4 is 40.1 Å². The quantitative estimate of drug-likeness (QED) is 0.161. The first-order valence-corrected chi connectivity index (χ1v) is 17.4. The number of halogens is 1. The topological polar surface area (TPSA) is 129 Å². The molecule has 0 spiro atoms. The first-order chi connectivity index (χ1) is 23.7. The maximum absolute atomic E-state index is 12.1. The molecular weight excluding hydrogens is 666 g/mol. The van der Waals surface area contributed by atoms with E-state index in [0.29, 0.717) is 46.5 Å². The van der Waals surface area contributed by atoms with Crippen molar-refractivity contribution in [2.24, 2.45) is 0 Å². The fourth-order valence-corrected chi connectivity index (χ4v) is 7.25. The van der Waals surface area contributed by atoms with E-state index >= 15 is 0 Å². The highest BCUT2D eigenvalue weighted by atomic mass is 35.5. The fraction of sp³-hybridized carbons (Fsp3) is 0.371. The Morgan fingerprint density at radius 3 is 2.69 bits per heavy atom. The van der Waals surface area contributed by atoms with Crippen LogP contribution in [0.1, 0.15) is 71.0 Å². The number of benzene rings is 1. The molecule has 12 nitrogen and oxygen atoms in total. The van der Waals surface area contributed by atoms with Gasteiger partial charge in [-0.05, 0) is 50.0 Å². The van der Waals surface area contributed by atoms with Crippen molar-refractivity contribution in [2.45, 2.75) is 62.9 Å². The number of likely N-dealkylation sites (tertiary alicyclic amines) is 1. The number of rotatable bonds is 10. The SMILES string of the molecule is [C-]#[N+]C1(COc2cc(C(=O)O)nc3c2nc(CN2CCC(c4cccc5c4O[C@@](C)(c4ccc(Cl)cn4)O5)CC2)n3Cc2cncs2)CC1. The molecule has 0 amide bonds. The minimum Gasteiger partial charge on any atom is -0.483 e. The number of carbonyl (C=O) groups is 1. The normalized spacial score (nSPS) is 19.9. The summed E-state index contributed by atoms with van der Waals surface area (Å²) < 4.78 is 20.9. The van der Waals surface area contributed by atoms with Crippen LogP contribution in [0.15, 0.2) is 54.3 Å². The average molecular weight is 698 g/mol. The Bertz CT molecular complexity index is 2090. The number of para-hydroxylation sites is 1. The van der Waals surface area contributed by atoms with Crippen LogP contribution in [0.3, 0.4) is 0 Å². The van der Waals surface area contributed by atoms with Crippen molar-refractivity contribution in [1.29, 1.82) is 0 Å². The van der Waals surface area contributed by atoms with Crippen molar-refractivity contribution in [3.8, 4) is 17.2 Å². The molecule has 49 heavy (non-hydrogen) atoms. The van der Waals surface area contributed by atoms with Gasteiger partial charge in [-0.15, -0.1) is 11.3 Å². The highest BCUT2D eigenvalue weighted by Gasteiger charge is 2.52. The number of hydrogen-bond acceptors (Lipinski definition) is 10. The van der Waals surface area contributed by atoms with Crippen molar-refractivity contribution < 1.29 is 24.1 Å². The summed E-state index contributed by atoms with van der Waals surface area (Å²) in [5.74, 6) is 0.615. The van der Waals surface area contributed by atoms with Crippen LogP contribution in [-0.4, -0.2) is 65.7 Å². The number of carboxylic acids is 1. The van der Waals surface area contributed by atoms with Gasteiger partial charge in [0.15, 0.2) is 40.7 Å². The van der Waals surface area contributed by atoms with Gasteiger partial charge in [0.2, 0.25) is 0 Å². The van der Waals surface area contributed by atoms with Gasteiger partial charge < -0.3 is 28.7 Å². The lowest BCUT2D eigenvalue weighted by Gasteiger charge is -2.32. The molecule has 1 atom stereocenters. The highest BCUT2D eigenvalue weighted by molar-refractivity contribution is 7.09. The van der Waals surface area contributed by atoms with Gasteiger partial charge in [0.25, 0.3) is 11.3 Å². The Kier molecular flexibility index (Phi) is 7.89. The summed E-state index contributed by atoms with van der Waals surface area (Å²) in [4.78, 5) is 37.4. The molecule has 3 aliphatic rings. The molecule has 0 radical (unpaired) electrons. The Balaban J connectivity index is 1.04. The van der Waals surface area contributed by atoms with E-state index in [1.54, 1.807) is 24.0 Å². The molecule has 8 rings (SSSR count). The summed E-state index contributed by atoms with van der Waals surface area (Å²) in [6, 6.07) is 11.1. The summed E-state index contributed by atoms with van der Waals surface area (Å²) >= 11 is 7.58. The largest absolute Gasteiger partial charge is 0.483 e. The van der Waals surface area contributed by atoms with Crippen LogP contribution in [0.2, 0.25) is 5.02 Å².